The highest BCUT2D eigenvalue weighted by Gasteiger charge is 2.22. The summed E-state index contributed by atoms with van der Waals surface area (Å²) in [6.07, 6.45) is 0.511. The highest BCUT2D eigenvalue weighted by molar-refractivity contribution is 5.87. The number of amides is 3. The van der Waals surface area contributed by atoms with Crippen LogP contribution in [0.25, 0.3) is 0 Å². The fraction of sp³-hybridized carbons (Fsp3) is 0.767. The van der Waals surface area contributed by atoms with Crippen LogP contribution in [-0.4, -0.2) is 192 Å². The average molecular weight is 688 g/mol. The first kappa shape index (κ1) is 42.2. The molecule has 0 aliphatic carbocycles. The van der Waals surface area contributed by atoms with E-state index in [1.807, 2.05) is 23.9 Å². The van der Waals surface area contributed by atoms with Gasteiger partial charge in [-0.2, -0.15) is 0 Å². The summed E-state index contributed by atoms with van der Waals surface area (Å²) in [4.78, 5) is 91.7. The van der Waals surface area contributed by atoms with Crippen molar-refractivity contribution in [3.63, 3.8) is 0 Å². The summed E-state index contributed by atoms with van der Waals surface area (Å²) in [6, 6.07) is -2.11. The van der Waals surface area contributed by atoms with Crippen LogP contribution in [0.15, 0.2) is 0 Å². The molecule has 6 N–H and O–H groups in total. The number of urea groups is 1. The van der Waals surface area contributed by atoms with Gasteiger partial charge < -0.3 is 45.8 Å². The molecule has 0 aromatic heterocycles. The van der Waals surface area contributed by atoms with Crippen LogP contribution < -0.4 is 10.6 Å². The number of unbranched alkanes of at least 4 members (excludes halogenated alkanes) is 2. The molecule has 0 saturated carbocycles. The molecule has 18 nitrogen and oxygen atoms in total. The Bertz CT molecular complexity index is 1080. The van der Waals surface area contributed by atoms with Gasteiger partial charge in [0.1, 0.15) is 18.4 Å². The molecule has 0 bridgehead atoms. The Kier molecular flexibility index (Phi) is 20.6. The minimum Gasteiger partial charge on any atom is -0.481 e. The number of hydrogen-bond donors (Lipinski definition) is 6. The van der Waals surface area contributed by atoms with Crippen molar-refractivity contribution in [2.45, 2.75) is 51.0 Å². The summed E-state index contributed by atoms with van der Waals surface area (Å²) >= 11 is 0. The molecule has 1 atom stereocenters. The van der Waals surface area contributed by atoms with Crippen molar-refractivity contribution in [2.75, 3.05) is 99.2 Å². The SMILES string of the molecule is CN1CCN(C)CCN(CC(=O)CCC(=O)N(CCCCCNC(=O)N[C@@H](CCC(=O)O)C(=O)O)CC(=O)O)CCN(CC(=O)O)CC1. The van der Waals surface area contributed by atoms with E-state index in [4.69, 9.17) is 10.2 Å². The van der Waals surface area contributed by atoms with Gasteiger partial charge in [0.15, 0.2) is 0 Å². The van der Waals surface area contributed by atoms with Gasteiger partial charge in [-0.3, -0.25) is 33.8 Å². The Hall–Kier alpha value is -3.87. The first-order valence-electron chi connectivity index (χ1n) is 16.2. The summed E-state index contributed by atoms with van der Waals surface area (Å²) in [7, 11) is 4.00. The molecular weight excluding hydrogens is 634 g/mol. The quantitative estimate of drug-likeness (QED) is 0.0807. The molecule has 18 heteroatoms. The summed E-state index contributed by atoms with van der Waals surface area (Å²) in [5.41, 5.74) is 0. The number of nitrogens with zero attached hydrogens (tertiary/aromatic N) is 5. The zero-order chi connectivity index (χ0) is 36.1. The molecule has 1 fully saturated rings. The van der Waals surface area contributed by atoms with Gasteiger partial charge in [0.2, 0.25) is 5.91 Å². The maximum Gasteiger partial charge on any atom is 0.326 e. The Labute approximate surface area is 281 Å². The minimum atomic E-state index is -1.35. The zero-order valence-corrected chi connectivity index (χ0v) is 28.1. The molecule has 1 aliphatic rings. The van der Waals surface area contributed by atoms with Gasteiger partial charge in [0.05, 0.1) is 13.1 Å². The second kappa shape index (κ2) is 23.5. The summed E-state index contributed by atoms with van der Waals surface area (Å²) < 4.78 is 0. The van der Waals surface area contributed by atoms with Crippen LogP contribution in [0, 0.1) is 0 Å². The number of carboxylic acids is 4. The molecular formula is C30H53N7O11. The number of carboxylic acid groups (broad SMARTS) is 4. The highest BCUT2D eigenvalue weighted by atomic mass is 16.4. The average Bonchev–Trinajstić information content (AvgIpc) is 3.00. The van der Waals surface area contributed by atoms with E-state index in [1.54, 1.807) is 0 Å². The molecule has 48 heavy (non-hydrogen) atoms. The van der Waals surface area contributed by atoms with Crippen molar-refractivity contribution in [2.24, 2.45) is 0 Å². The molecule has 274 valence electrons. The maximum atomic E-state index is 12.9. The number of carbonyl (C=O) groups excluding carboxylic acids is 3. The van der Waals surface area contributed by atoms with E-state index in [0.29, 0.717) is 52.0 Å². The molecule has 0 spiro atoms. The van der Waals surface area contributed by atoms with Gasteiger partial charge in [-0.1, -0.05) is 0 Å². The van der Waals surface area contributed by atoms with E-state index in [-0.39, 0.29) is 51.2 Å². The van der Waals surface area contributed by atoms with Crippen LogP contribution >= 0.6 is 0 Å². The predicted molar refractivity (Wildman–Crippen MR) is 173 cm³/mol. The molecule has 3 amide bonds. The van der Waals surface area contributed by atoms with Gasteiger partial charge >= 0.3 is 29.9 Å². The monoisotopic (exact) mass is 687 g/mol. The number of Topliss-reactive ketones (excluding diaryl/α,β-unsaturated/α-hetero) is 1. The van der Waals surface area contributed by atoms with Gasteiger partial charge in [-0.05, 0) is 39.8 Å². The molecule has 1 rings (SSSR count). The fourth-order valence-electron chi connectivity index (χ4n) is 4.93. The summed E-state index contributed by atoms with van der Waals surface area (Å²) in [5.74, 6) is -5.28. The van der Waals surface area contributed by atoms with Crippen molar-refractivity contribution < 1.29 is 54.0 Å². The second-order valence-electron chi connectivity index (χ2n) is 12.1. The lowest BCUT2D eigenvalue weighted by atomic mass is 10.1. The lowest BCUT2D eigenvalue weighted by Gasteiger charge is -2.31. The van der Waals surface area contributed by atoms with Crippen LogP contribution in [0.4, 0.5) is 4.79 Å². The summed E-state index contributed by atoms with van der Waals surface area (Å²) in [5, 5.41) is 41.2. The van der Waals surface area contributed by atoms with Gasteiger partial charge in [0, 0.05) is 84.7 Å². The third-order valence-electron chi connectivity index (χ3n) is 7.89. The number of aliphatic carboxylic acids is 4. The second-order valence-corrected chi connectivity index (χ2v) is 12.1. The predicted octanol–water partition coefficient (Wildman–Crippen LogP) is -1.40. The zero-order valence-electron chi connectivity index (χ0n) is 28.1. The normalized spacial score (nSPS) is 16.5. The molecule has 0 unspecified atom stereocenters. The first-order valence-corrected chi connectivity index (χ1v) is 16.2. The Morgan fingerprint density at radius 2 is 1.23 bits per heavy atom. The van der Waals surface area contributed by atoms with E-state index in [9.17, 15) is 43.8 Å². The molecule has 0 radical (unpaired) electrons. The lowest BCUT2D eigenvalue weighted by molar-refractivity contribution is -0.144. The van der Waals surface area contributed by atoms with E-state index >= 15 is 0 Å². The third-order valence-corrected chi connectivity index (χ3v) is 7.89. The number of likely N-dealkylation sites (N-methyl/N-ethyl adjacent to an activating group) is 2. The molecule has 1 heterocycles. The van der Waals surface area contributed by atoms with Crippen LogP contribution in [0.5, 0.6) is 0 Å². The van der Waals surface area contributed by atoms with Crippen LogP contribution in [-0.2, 0) is 28.8 Å². The Morgan fingerprint density at radius 3 is 1.77 bits per heavy atom. The number of rotatable bonds is 20. The molecule has 1 saturated heterocycles. The number of hydrogen-bond acceptors (Lipinski definition) is 11. The molecule has 0 aromatic carbocycles. The smallest absolute Gasteiger partial charge is 0.326 e. The van der Waals surface area contributed by atoms with Crippen molar-refractivity contribution in [3.05, 3.63) is 0 Å². The summed E-state index contributed by atoms with van der Waals surface area (Å²) in [6.45, 7) is 4.98. The molecule has 1 aliphatic heterocycles. The largest absolute Gasteiger partial charge is 0.481 e. The Balaban J connectivity index is 2.55. The van der Waals surface area contributed by atoms with Crippen molar-refractivity contribution in [3.8, 4) is 0 Å². The van der Waals surface area contributed by atoms with Gasteiger partial charge in [-0.15, -0.1) is 0 Å². The minimum absolute atomic E-state index is 0.0617. The number of nitrogens with one attached hydrogen (secondary N) is 2. The van der Waals surface area contributed by atoms with Gasteiger partial charge in [-0.25, -0.2) is 9.59 Å². The topological polar surface area (TPSA) is 241 Å². The van der Waals surface area contributed by atoms with E-state index in [0.717, 1.165) is 19.6 Å². The van der Waals surface area contributed by atoms with Crippen molar-refractivity contribution >= 4 is 41.6 Å². The van der Waals surface area contributed by atoms with E-state index < -0.39 is 54.8 Å². The third kappa shape index (κ3) is 20.4. The maximum absolute atomic E-state index is 12.9. The van der Waals surface area contributed by atoms with E-state index in [2.05, 4.69) is 20.4 Å². The number of carbonyl (C=O) groups is 7. The fourth-order valence-corrected chi connectivity index (χ4v) is 4.93. The van der Waals surface area contributed by atoms with Crippen LogP contribution in [0.1, 0.15) is 44.9 Å². The standard InChI is InChI=1S/C30H53N7O11/c1-33-12-13-34(2)15-17-36(21-27(42)43)19-18-35(16-14-33)20-23(38)6-8-25(39)37(22-28(44)45)11-5-3-4-10-31-30(48)32-24(29(46)47)7-9-26(40)41/h24H,3-22H2,1-2H3,(H,40,41)(H,42,43)(H,44,45)(H,46,47)(H2,31,32,48)/t24-/m0/s1. The number of ketones is 1. The lowest BCUT2D eigenvalue weighted by Crippen LogP contribution is -2.46. The van der Waals surface area contributed by atoms with Crippen molar-refractivity contribution in [1.29, 1.82) is 0 Å². The highest BCUT2D eigenvalue weighted by Crippen LogP contribution is 2.06. The molecule has 0 aromatic rings. The Morgan fingerprint density at radius 1 is 0.667 bits per heavy atom. The first-order chi connectivity index (χ1) is 22.7. The van der Waals surface area contributed by atoms with E-state index in [1.165, 1.54) is 4.90 Å². The van der Waals surface area contributed by atoms with Crippen LogP contribution in [0.2, 0.25) is 0 Å². The van der Waals surface area contributed by atoms with Crippen molar-refractivity contribution in [1.82, 2.24) is 35.1 Å². The van der Waals surface area contributed by atoms with Gasteiger partial charge in [0.25, 0.3) is 0 Å². The van der Waals surface area contributed by atoms with Crippen LogP contribution in [0.3, 0.4) is 0 Å².